The van der Waals surface area contributed by atoms with Crippen LogP contribution in [0.3, 0.4) is 0 Å². The van der Waals surface area contributed by atoms with Gasteiger partial charge in [0.1, 0.15) is 5.82 Å². The molecule has 2 saturated heterocycles. The van der Waals surface area contributed by atoms with Crippen LogP contribution in [-0.2, 0) is 24.0 Å². The first-order chi connectivity index (χ1) is 16.2. The lowest BCUT2D eigenvalue weighted by atomic mass is 9.97. The van der Waals surface area contributed by atoms with Gasteiger partial charge in [0.05, 0.1) is 29.6 Å². The highest BCUT2D eigenvalue weighted by molar-refractivity contribution is 7.11. The van der Waals surface area contributed by atoms with Gasteiger partial charge >= 0.3 is 6.03 Å². The highest BCUT2D eigenvalue weighted by Gasteiger charge is 2.27. The van der Waals surface area contributed by atoms with Crippen molar-refractivity contribution >= 4 is 23.1 Å². The average molecular weight is 473 g/mol. The third kappa shape index (κ3) is 5.32. The van der Waals surface area contributed by atoms with E-state index in [1.54, 1.807) is 6.07 Å². The summed E-state index contributed by atoms with van der Waals surface area (Å²) in [6, 6.07) is 5.38. The van der Waals surface area contributed by atoms with Crippen LogP contribution in [0.2, 0.25) is 0 Å². The lowest BCUT2D eigenvalue weighted by Gasteiger charge is -2.31. The van der Waals surface area contributed by atoms with Gasteiger partial charge in [-0.3, -0.25) is 0 Å². The van der Waals surface area contributed by atoms with Gasteiger partial charge in [-0.2, -0.15) is 0 Å². The molecule has 5 rings (SSSR count). The third-order valence-corrected chi connectivity index (χ3v) is 8.37. The second kappa shape index (κ2) is 10.4. The second-order valence-electron chi connectivity index (χ2n) is 9.26. The SMILES string of the molecule is O=C(NCCc1ccc(N2CCOCC2)c(F)c1)N1CCC(c2nc3c(s2)CCCC3)CC1. The van der Waals surface area contributed by atoms with E-state index in [1.165, 1.54) is 34.8 Å². The van der Waals surface area contributed by atoms with Crippen LogP contribution >= 0.6 is 11.3 Å². The zero-order valence-electron chi connectivity index (χ0n) is 19.2. The van der Waals surface area contributed by atoms with Crippen LogP contribution in [-0.4, -0.2) is 61.9 Å². The summed E-state index contributed by atoms with van der Waals surface area (Å²) in [6.45, 7) is 4.75. The molecule has 8 heteroatoms. The molecule has 33 heavy (non-hydrogen) atoms. The zero-order chi connectivity index (χ0) is 22.6. The Hall–Kier alpha value is -2.19. The molecule has 178 valence electrons. The molecule has 2 fully saturated rings. The van der Waals surface area contributed by atoms with Gasteiger partial charge < -0.3 is 19.9 Å². The van der Waals surface area contributed by atoms with Crippen molar-refractivity contribution in [3.05, 3.63) is 45.2 Å². The lowest BCUT2D eigenvalue weighted by Crippen LogP contribution is -2.44. The number of nitrogens with one attached hydrogen (secondary N) is 1. The van der Waals surface area contributed by atoms with Crippen molar-refractivity contribution in [2.45, 2.75) is 50.9 Å². The van der Waals surface area contributed by atoms with E-state index in [1.807, 2.05) is 33.3 Å². The summed E-state index contributed by atoms with van der Waals surface area (Å²) in [6.07, 6.45) is 7.45. The third-order valence-electron chi connectivity index (χ3n) is 7.05. The number of hydrogen-bond acceptors (Lipinski definition) is 5. The number of hydrogen-bond donors (Lipinski definition) is 1. The van der Waals surface area contributed by atoms with E-state index in [4.69, 9.17) is 9.72 Å². The molecule has 1 aromatic heterocycles. The van der Waals surface area contributed by atoms with Crippen molar-refractivity contribution in [3.63, 3.8) is 0 Å². The number of piperidine rings is 1. The predicted octanol–water partition coefficient (Wildman–Crippen LogP) is 4.13. The first kappa shape index (κ1) is 22.6. The number of aryl methyl sites for hydroxylation is 2. The molecule has 2 aromatic rings. The van der Waals surface area contributed by atoms with Crippen LogP contribution in [0.5, 0.6) is 0 Å². The molecule has 3 heterocycles. The minimum Gasteiger partial charge on any atom is -0.378 e. The van der Waals surface area contributed by atoms with E-state index < -0.39 is 0 Å². The van der Waals surface area contributed by atoms with Crippen molar-refractivity contribution in [3.8, 4) is 0 Å². The number of carbonyl (C=O) groups excluding carboxylic acids is 1. The Kier molecular flexibility index (Phi) is 7.11. The average Bonchev–Trinajstić information content (AvgIpc) is 3.29. The molecular formula is C25H33FN4O2S. The molecule has 0 atom stereocenters. The summed E-state index contributed by atoms with van der Waals surface area (Å²) >= 11 is 1.90. The molecule has 6 nitrogen and oxygen atoms in total. The quantitative estimate of drug-likeness (QED) is 0.711. The van der Waals surface area contributed by atoms with Crippen LogP contribution in [0.1, 0.15) is 52.7 Å². The van der Waals surface area contributed by atoms with Crippen LogP contribution in [0.15, 0.2) is 18.2 Å². The molecule has 3 aliphatic rings. The summed E-state index contributed by atoms with van der Waals surface area (Å²) in [5.74, 6) is 0.282. The van der Waals surface area contributed by atoms with Gasteiger partial charge in [-0.15, -0.1) is 11.3 Å². The molecule has 1 aliphatic carbocycles. The second-order valence-corrected chi connectivity index (χ2v) is 10.4. The minimum absolute atomic E-state index is 0.0164. The maximum absolute atomic E-state index is 14.6. The number of amides is 2. The van der Waals surface area contributed by atoms with Crippen LogP contribution in [0.4, 0.5) is 14.9 Å². The summed E-state index contributed by atoms with van der Waals surface area (Å²) in [7, 11) is 0. The molecule has 1 N–H and O–H groups in total. The van der Waals surface area contributed by atoms with E-state index in [0.717, 1.165) is 37.9 Å². The van der Waals surface area contributed by atoms with Crippen molar-refractivity contribution in [1.29, 1.82) is 0 Å². The van der Waals surface area contributed by atoms with Crippen LogP contribution < -0.4 is 10.2 Å². The Labute approximate surface area is 199 Å². The largest absolute Gasteiger partial charge is 0.378 e. The number of benzene rings is 1. The van der Waals surface area contributed by atoms with Gasteiger partial charge in [0.25, 0.3) is 0 Å². The number of aromatic nitrogens is 1. The van der Waals surface area contributed by atoms with Gasteiger partial charge in [-0.05, 0) is 62.6 Å². The van der Waals surface area contributed by atoms with Gasteiger partial charge in [-0.1, -0.05) is 6.07 Å². The van der Waals surface area contributed by atoms with E-state index in [2.05, 4.69) is 5.32 Å². The van der Waals surface area contributed by atoms with Crippen LogP contribution in [0.25, 0.3) is 0 Å². The minimum atomic E-state index is -0.202. The first-order valence-corrected chi connectivity index (χ1v) is 13.1. The Morgan fingerprint density at radius 1 is 1.15 bits per heavy atom. The van der Waals surface area contributed by atoms with Crippen LogP contribution in [0, 0.1) is 5.82 Å². The molecular weight excluding hydrogens is 439 g/mol. The maximum atomic E-state index is 14.6. The number of anilines is 1. The summed E-state index contributed by atoms with van der Waals surface area (Å²) in [5.41, 5.74) is 2.86. The fourth-order valence-electron chi connectivity index (χ4n) is 5.07. The molecule has 2 amide bonds. The number of urea groups is 1. The van der Waals surface area contributed by atoms with E-state index >= 15 is 0 Å². The number of halogens is 1. The van der Waals surface area contributed by atoms with Crippen molar-refractivity contribution in [2.75, 3.05) is 50.8 Å². The molecule has 0 radical (unpaired) electrons. The maximum Gasteiger partial charge on any atom is 0.317 e. The molecule has 0 spiro atoms. The van der Waals surface area contributed by atoms with E-state index in [9.17, 15) is 9.18 Å². The Morgan fingerprint density at radius 3 is 2.70 bits per heavy atom. The Bertz CT molecular complexity index is 944. The lowest BCUT2D eigenvalue weighted by molar-refractivity contribution is 0.122. The first-order valence-electron chi connectivity index (χ1n) is 12.3. The predicted molar refractivity (Wildman–Crippen MR) is 129 cm³/mol. The topological polar surface area (TPSA) is 57.7 Å². The molecule has 1 aromatic carbocycles. The summed E-state index contributed by atoms with van der Waals surface area (Å²) in [5, 5.41) is 4.30. The van der Waals surface area contributed by atoms with Gasteiger partial charge in [-0.25, -0.2) is 14.2 Å². The summed E-state index contributed by atoms with van der Waals surface area (Å²) < 4.78 is 19.9. The Balaban J connectivity index is 1.07. The highest BCUT2D eigenvalue weighted by atomic mass is 32.1. The Morgan fingerprint density at radius 2 is 1.94 bits per heavy atom. The number of ether oxygens (including phenoxy) is 1. The fraction of sp³-hybridized carbons (Fsp3) is 0.600. The van der Waals surface area contributed by atoms with Gasteiger partial charge in [0, 0.05) is 43.5 Å². The standard InChI is InChI=1S/C25H33FN4O2S/c26-20-17-18(5-6-22(20)29-13-15-32-16-14-29)7-10-27-25(31)30-11-8-19(9-12-30)24-28-21-3-1-2-4-23(21)33-24/h5-6,17,19H,1-4,7-16H2,(H,27,31). The number of rotatable bonds is 5. The van der Waals surface area contributed by atoms with Gasteiger partial charge in [0.2, 0.25) is 0 Å². The molecule has 0 saturated carbocycles. The number of likely N-dealkylation sites (tertiary alicyclic amines) is 1. The number of nitrogens with zero attached hydrogens (tertiary/aromatic N) is 3. The van der Waals surface area contributed by atoms with Crippen molar-refractivity contribution < 1.29 is 13.9 Å². The van der Waals surface area contributed by atoms with E-state index in [-0.39, 0.29) is 11.8 Å². The molecule has 0 bridgehead atoms. The summed E-state index contributed by atoms with van der Waals surface area (Å²) in [4.78, 5) is 23.0. The monoisotopic (exact) mass is 472 g/mol. The number of thiazole rings is 1. The fourth-order valence-corrected chi connectivity index (χ4v) is 6.39. The van der Waals surface area contributed by atoms with Crippen molar-refractivity contribution in [1.82, 2.24) is 15.2 Å². The van der Waals surface area contributed by atoms with Gasteiger partial charge in [0.15, 0.2) is 0 Å². The number of fused-ring (bicyclic) bond motifs is 1. The smallest absolute Gasteiger partial charge is 0.317 e. The highest BCUT2D eigenvalue weighted by Crippen LogP contribution is 2.35. The van der Waals surface area contributed by atoms with Crippen molar-refractivity contribution in [2.24, 2.45) is 0 Å². The van der Waals surface area contributed by atoms with E-state index in [0.29, 0.717) is 50.9 Å². The normalized spacial score (nSPS) is 19.4. The zero-order valence-corrected chi connectivity index (χ0v) is 20.0. The molecule has 2 aliphatic heterocycles. The number of morpholine rings is 1. The number of carbonyl (C=O) groups is 1. The molecule has 0 unspecified atom stereocenters.